The van der Waals surface area contributed by atoms with Crippen LogP contribution >= 0.6 is 0 Å². The first-order valence-electron chi connectivity index (χ1n) is 15.9. The molecule has 1 N–H and O–H groups in total. The van der Waals surface area contributed by atoms with Gasteiger partial charge in [-0.05, 0) is 60.0 Å². The average Bonchev–Trinajstić information content (AvgIpc) is 3.26. The molecule has 9 heteroatoms. The van der Waals surface area contributed by atoms with Crippen molar-refractivity contribution in [2.24, 2.45) is 11.8 Å². The highest BCUT2D eigenvalue weighted by molar-refractivity contribution is 6.75. The van der Waals surface area contributed by atoms with Crippen molar-refractivity contribution < 1.29 is 27.9 Å². The van der Waals surface area contributed by atoms with Gasteiger partial charge in [-0.25, -0.2) is 0 Å². The molecule has 7 atom stereocenters. The molecule has 3 rings (SSSR count). The minimum absolute atomic E-state index is 0.00245. The predicted molar refractivity (Wildman–Crippen MR) is 180 cm³/mol. The van der Waals surface area contributed by atoms with Crippen LogP contribution in [0.15, 0.2) is 30.3 Å². The Morgan fingerprint density at radius 3 is 1.71 bits per heavy atom. The number of benzene rings is 1. The lowest BCUT2D eigenvalue weighted by Crippen LogP contribution is -2.64. The quantitative estimate of drug-likeness (QED) is 0.274. The third-order valence-electron chi connectivity index (χ3n) is 11.1. The van der Waals surface area contributed by atoms with Crippen molar-refractivity contribution in [2.45, 2.75) is 147 Å². The monoisotopic (exact) mass is 638 g/mol. The maximum atomic E-state index is 11.7. The summed E-state index contributed by atoms with van der Waals surface area (Å²) in [5, 5.41) is 11.8. The van der Waals surface area contributed by atoms with Gasteiger partial charge in [-0.3, -0.25) is 0 Å². The molecule has 2 fully saturated rings. The van der Waals surface area contributed by atoms with Crippen molar-refractivity contribution in [1.29, 1.82) is 0 Å². The highest BCUT2D eigenvalue weighted by Crippen LogP contribution is 2.50. The molecule has 1 aromatic carbocycles. The second-order valence-electron chi connectivity index (χ2n) is 17.2. The number of aliphatic hydroxyl groups is 1. The number of hydrogen-bond acceptors (Lipinski definition) is 6. The fourth-order valence-corrected chi connectivity index (χ4v) is 8.66. The molecule has 242 valence electrons. The van der Waals surface area contributed by atoms with Crippen LogP contribution in [0.3, 0.4) is 0 Å². The van der Waals surface area contributed by atoms with E-state index in [-0.39, 0.29) is 45.3 Å². The Bertz CT molecular complexity index is 1020. The predicted octanol–water partition coefficient (Wildman–Crippen LogP) is 8.51. The fraction of sp³-hybridized carbons (Fsp3) is 0.818. The molecule has 2 aliphatic heterocycles. The van der Waals surface area contributed by atoms with Gasteiger partial charge in [-0.15, -0.1) is 0 Å². The minimum Gasteiger partial charge on any atom is -0.414 e. The number of hydrogen-bond donors (Lipinski definition) is 1. The van der Waals surface area contributed by atoms with Crippen LogP contribution in [0.4, 0.5) is 0 Å². The lowest BCUT2D eigenvalue weighted by molar-refractivity contribution is -0.254. The number of rotatable bonds is 9. The summed E-state index contributed by atoms with van der Waals surface area (Å²) in [6, 6.07) is 9.91. The summed E-state index contributed by atoms with van der Waals surface area (Å²) in [5.74, 6) is -0.354. The van der Waals surface area contributed by atoms with E-state index < -0.39 is 37.3 Å². The summed E-state index contributed by atoms with van der Waals surface area (Å²) < 4.78 is 34.7. The van der Waals surface area contributed by atoms with Gasteiger partial charge in [0.1, 0.15) is 6.10 Å². The largest absolute Gasteiger partial charge is 0.414 e. The maximum Gasteiger partial charge on any atom is 0.192 e. The Balaban J connectivity index is 2.11. The van der Waals surface area contributed by atoms with Crippen LogP contribution in [0.2, 0.25) is 54.4 Å². The molecule has 0 aliphatic carbocycles. The summed E-state index contributed by atoms with van der Waals surface area (Å²) >= 11 is 0. The molecular weight excluding hydrogens is 577 g/mol. The third-order valence-corrected chi connectivity index (χ3v) is 24.5. The Morgan fingerprint density at radius 2 is 1.24 bits per heavy atom. The van der Waals surface area contributed by atoms with Crippen LogP contribution in [-0.4, -0.2) is 67.9 Å². The Morgan fingerprint density at radius 1 is 0.762 bits per heavy atom. The average molecular weight is 639 g/mol. The third kappa shape index (κ3) is 7.70. The second-order valence-corrected chi connectivity index (χ2v) is 31.6. The first-order valence-corrected chi connectivity index (χ1v) is 24.6. The van der Waals surface area contributed by atoms with Gasteiger partial charge in [0.15, 0.2) is 31.2 Å². The maximum absolute atomic E-state index is 11.7. The van der Waals surface area contributed by atoms with Crippen molar-refractivity contribution in [3.05, 3.63) is 35.9 Å². The molecule has 1 aromatic rings. The van der Waals surface area contributed by atoms with Gasteiger partial charge >= 0.3 is 0 Å². The van der Waals surface area contributed by atoms with E-state index in [9.17, 15) is 5.11 Å². The highest BCUT2D eigenvalue weighted by Gasteiger charge is 2.59. The second kappa shape index (κ2) is 12.4. The van der Waals surface area contributed by atoms with E-state index in [0.29, 0.717) is 13.2 Å². The van der Waals surface area contributed by atoms with Crippen molar-refractivity contribution in [3.63, 3.8) is 0 Å². The molecule has 6 nitrogen and oxygen atoms in total. The summed E-state index contributed by atoms with van der Waals surface area (Å²) in [4.78, 5) is 0. The van der Waals surface area contributed by atoms with Crippen molar-refractivity contribution in [1.82, 2.24) is 0 Å². The van der Waals surface area contributed by atoms with Gasteiger partial charge in [0.2, 0.25) is 0 Å². The summed E-state index contributed by atoms with van der Waals surface area (Å²) in [6.07, 6.45) is -2.15. The van der Waals surface area contributed by atoms with E-state index in [0.717, 1.165) is 5.56 Å². The molecule has 0 spiro atoms. The minimum atomic E-state index is -2.27. The van der Waals surface area contributed by atoms with Crippen LogP contribution in [-0.2, 0) is 22.8 Å². The van der Waals surface area contributed by atoms with Crippen LogP contribution in [0.5, 0.6) is 0 Å². The van der Waals surface area contributed by atoms with Gasteiger partial charge in [-0.2, -0.15) is 0 Å². The number of aliphatic hydroxyl groups excluding tert-OH is 1. The summed E-state index contributed by atoms with van der Waals surface area (Å²) in [5.41, 5.74) is 0.892. The molecule has 2 saturated heterocycles. The lowest BCUT2D eigenvalue weighted by atomic mass is 9.79. The molecule has 2 heterocycles. The van der Waals surface area contributed by atoms with E-state index >= 15 is 0 Å². The number of ether oxygens (including phenoxy) is 2. The van der Waals surface area contributed by atoms with Gasteiger partial charge in [0, 0.05) is 11.8 Å². The van der Waals surface area contributed by atoms with E-state index in [2.05, 4.69) is 102 Å². The molecule has 0 unspecified atom stereocenters. The van der Waals surface area contributed by atoms with E-state index in [1.807, 2.05) is 30.3 Å². The van der Waals surface area contributed by atoms with Gasteiger partial charge in [0.05, 0.1) is 31.5 Å². The Kier molecular flexibility index (Phi) is 10.7. The van der Waals surface area contributed by atoms with E-state index in [1.54, 1.807) is 0 Å². The standard InChI is InChI=1S/C33H62O6Si3/c1-31(2,3)40(10,11)36-22-25-28(38-41(12,13)32(4,5)6)29(39-42(14,15)33(7,8)9)26-24(21-35-30(26)37-25)27(34)23-19-17-16-18-20-23/h16-20,24-30,34H,21-22H2,1-15H3/t24-,25-,26+,27+,28-,29-,30-/m1/s1. The van der Waals surface area contributed by atoms with E-state index in [1.165, 1.54) is 0 Å². The van der Waals surface area contributed by atoms with Crippen LogP contribution < -0.4 is 0 Å². The van der Waals surface area contributed by atoms with Gasteiger partial charge in [-0.1, -0.05) is 92.6 Å². The smallest absolute Gasteiger partial charge is 0.192 e. The zero-order valence-corrected chi connectivity index (χ0v) is 32.3. The lowest BCUT2D eigenvalue weighted by Gasteiger charge is -2.53. The molecule has 0 bridgehead atoms. The van der Waals surface area contributed by atoms with Gasteiger partial charge in [0.25, 0.3) is 0 Å². The van der Waals surface area contributed by atoms with Crippen LogP contribution in [0.1, 0.15) is 74.0 Å². The van der Waals surface area contributed by atoms with Gasteiger partial charge < -0.3 is 27.9 Å². The van der Waals surface area contributed by atoms with Crippen molar-refractivity contribution in [2.75, 3.05) is 13.2 Å². The molecular formula is C33H62O6Si3. The first-order chi connectivity index (χ1) is 18.9. The summed E-state index contributed by atoms with van der Waals surface area (Å²) in [6.45, 7) is 35.1. The van der Waals surface area contributed by atoms with Crippen molar-refractivity contribution >= 4 is 25.0 Å². The normalized spacial score (nSPS) is 29.0. The molecule has 42 heavy (non-hydrogen) atoms. The van der Waals surface area contributed by atoms with E-state index in [4.69, 9.17) is 22.8 Å². The Hall–Kier alpha value is -0.369. The fourth-order valence-electron chi connectivity index (χ4n) is 5.00. The molecule has 0 radical (unpaired) electrons. The molecule has 2 aliphatic rings. The number of fused-ring (bicyclic) bond motifs is 1. The summed E-state index contributed by atoms with van der Waals surface area (Å²) in [7, 11) is -6.58. The Labute approximate surface area is 260 Å². The molecule has 0 aromatic heterocycles. The SMILES string of the molecule is CC(C)(C)[Si](C)(C)OC[C@H]1O[C@H]2OC[C@@H]([C@@H](O)c3ccccc3)[C@H]2[C@@H](O[Si](C)(C)C(C)(C)C)[C@@H]1O[Si](C)(C)C(C)(C)C. The molecule has 0 saturated carbocycles. The first kappa shape index (κ1) is 36.1. The zero-order chi connectivity index (χ0) is 32.1. The molecule has 0 amide bonds. The van der Waals surface area contributed by atoms with Crippen molar-refractivity contribution in [3.8, 4) is 0 Å². The highest BCUT2D eigenvalue weighted by atomic mass is 28.4. The zero-order valence-electron chi connectivity index (χ0n) is 29.3. The topological polar surface area (TPSA) is 66.4 Å². The van der Waals surface area contributed by atoms with Crippen LogP contribution in [0.25, 0.3) is 0 Å². The van der Waals surface area contributed by atoms with Crippen LogP contribution in [0, 0.1) is 11.8 Å².